The monoisotopic (exact) mass is 365 g/mol. The van der Waals surface area contributed by atoms with Gasteiger partial charge in [-0.1, -0.05) is 30.8 Å². The van der Waals surface area contributed by atoms with Crippen molar-refractivity contribution in [2.24, 2.45) is 0 Å². The lowest BCUT2D eigenvalue weighted by Gasteiger charge is -2.09. The Morgan fingerprint density at radius 2 is 2.00 bits per heavy atom. The molecule has 0 aliphatic rings. The molecule has 0 spiro atoms. The summed E-state index contributed by atoms with van der Waals surface area (Å²) in [6, 6.07) is 12.8. The molecule has 0 fully saturated rings. The van der Waals surface area contributed by atoms with Gasteiger partial charge in [-0.15, -0.1) is 5.73 Å². The Kier molecular flexibility index (Phi) is 7.89. The first-order valence-corrected chi connectivity index (χ1v) is 8.63. The van der Waals surface area contributed by atoms with Gasteiger partial charge in [0.05, 0.1) is 19.3 Å². The zero-order valence-electron chi connectivity index (χ0n) is 15.4. The van der Waals surface area contributed by atoms with Crippen LogP contribution in [0.4, 0.5) is 0 Å². The molecule has 140 valence electrons. The van der Waals surface area contributed by atoms with E-state index in [0.29, 0.717) is 43.1 Å². The first kappa shape index (κ1) is 20.0. The van der Waals surface area contributed by atoms with Crippen molar-refractivity contribution in [2.75, 3.05) is 13.7 Å². The summed E-state index contributed by atoms with van der Waals surface area (Å²) in [5.41, 5.74) is 5.25. The number of benzene rings is 2. The molecule has 5 nitrogen and oxygen atoms in total. The molecule has 1 amide bonds. The molecule has 0 aliphatic heterocycles. The highest BCUT2D eigenvalue weighted by Crippen LogP contribution is 2.23. The summed E-state index contributed by atoms with van der Waals surface area (Å²) in [6.45, 7) is 4.43. The predicted octanol–water partition coefficient (Wildman–Crippen LogP) is 3.78. The standard InChI is InChI=1S/C22H23NO4/c1-3-5-17-7-9-18(10-8-17)15-23-22(25)6-4-13-27-20-12-11-19(16-24)21(14-20)26-2/h5,7-12,14,16H,1,4,6,13,15H2,2H3,(H,23,25). The van der Waals surface area contributed by atoms with Gasteiger partial charge < -0.3 is 14.8 Å². The van der Waals surface area contributed by atoms with E-state index in [4.69, 9.17) is 9.47 Å². The lowest BCUT2D eigenvalue weighted by Crippen LogP contribution is -2.22. The molecule has 0 saturated heterocycles. The highest BCUT2D eigenvalue weighted by atomic mass is 16.5. The molecule has 2 rings (SSSR count). The van der Waals surface area contributed by atoms with Gasteiger partial charge in [0.25, 0.3) is 0 Å². The maximum Gasteiger partial charge on any atom is 0.220 e. The van der Waals surface area contributed by atoms with E-state index in [2.05, 4.69) is 17.6 Å². The molecular formula is C22H23NO4. The highest BCUT2D eigenvalue weighted by Gasteiger charge is 2.05. The van der Waals surface area contributed by atoms with Crippen LogP contribution in [0.1, 0.15) is 34.3 Å². The third-order valence-corrected chi connectivity index (χ3v) is 3.89. The van der Waals surface area contributed by atoms with Gasteiger partial charge in [-0.3, -0.25) is 9.59 Å². The number of rotatable bonds is 10. The van der Waals surface area contributed by atoms with Crippen LogP contribution in [0.3, 0.4) is 0 Å². The molecule has 0 radical (unpaired) electrons. The van der Waals surface area contributed by atoms with Crippen LogP contribution in [0.25, 0.3) is 6.08 Å². The van der Waals surface area contributed by atoms with E-state index >= 15 is 0 Å². The first-order chi connectivity index (χ1) is 13.2. The Morgan fingerprint density at radius 1 is 1.22 bits per heavy atom. The number of carbonyl (C=O) groups excluding carboxylic acids is 2. The van der Waals surface area contributed by atoms with Gasteiger partial charge >= 0.3 is 0 Å². The molecule has 5 heteroatoms. The van der Waals surface area contributed by atoms with Crippen molar-refractivity contribution in [2.45, 2.75) is 19.4 Å². The number of nitrogens with one attached hydrogen (secondary N) is 1. The summed E-state index contributed by atoms with van der Waals surface area (Å²) in [5, 5.41) is 2.89. The average molecular weight is 365 g/mol. The number of hydrogen-bond donors (Lipinski definition) is 1. The molecule has 2 aromatic rings. The number of aldehydes is 1. The SMILES string of the molecule is C=C=Cc1ccc(CNC(=O)CCCOc2ccc(C=O)c(OC)c2)cc1. The fourth-order valence-corrected chi connectivity index (χ4v) is 2.44. The van der Waals surface area contributed by atoms with E-state index in [1.54, 1.807) is 24.3 Å². The van der Waals surface area contributed by atoms with Gasteiger partial charge in [0.2, 0.25) is 5.91 Å². The zero-order chi connectivity index (χ0) is 19.5. The second-order valence-corrected chi connectivity index (χ2v) is 5.84. The van der Waals surface area contributed by atoms with Crippen LogP contribution in [0, 0.1) is 0 Å². The number of carbonyl (C=O) groups is 2. The topological polar surface area (TPSA) is 64.6 Å². The summed E-state index contributed by atoms with van der Waals surface area (Å²) in [7, 11) is 1.50. The molecule has 2 aromatic carbocycles. The fourth-order valence-electron chi connectivity index (χ4n) is 2.44. The molecule has 1 N–H and O–H groups in total. The normalized spacial score (nSPS) is 9.81. The van der Waals surface area contributed by atoms with E-state index in [1.165, 1.54) is 7.11 Å². The Balaban J connectivity index is 1.70. The third-order valence-electron chi connectivity index (χ3n) is 3.89. The van der Waals surface area contributed by atoms with Crippen molar-refractivity contribution in [3.05, 3.63) is 71.5 Å². The van der Waals surface area contributed by atoms with Crippen molar-refractivity contribution >= 4 is 18.3 Å². The number of methoxy groups -OCH3 is 1. The average Bonchev–Trinajstić information content (AvgIpc) is 2.70. The summed E-state index contributed by atoms with van der Waals surface area (Å²) in [4.78, 5) is 22.8. The molecule has 0 bridgehead atoms. The smallest absolute Gasteiger partial charge is 0.220 e. The zero-order valence-corrected chi connectivity index (χ0v) is 15.4. The van der Waals surface area contributed by atoms with Crippen molar-refractivity contribution < 1.29 is 19.1 Å². The molecule has 0 saturated carbocycles. The Bertz CT molecular complexity index is 821. The number of ether oxygens (including phenoxy) is 2. The minimum absolute atomic E-state index is 0.0254. The van der Waals surface area contributed by atoms with Crippen molar-refractivity contribution in [1.29, 1.82) is 0 Å². The van der Waals surface area contributed by atoms with Crippen LogP contribution >= 0.6 is 0 Å². The minimum atomic E-state index is -0.0254. The van der Waals surface area contributed by atoms with Crippen LogP contribution < -0.4 is 14.8 Å². The van der Waals surface area contributed by atoms with Crippen molar-refractivity contribution in [3.8, 4) is 11.5 Å². The molecule has 0 aromatic heterocycles. The summed E-state index contributed by atoms with van der Waals surface area (Å²) in [5.74, 6) is 1.05. The van der Waals surface area contributed by atoms with Crippen LogP contribution in [-0.2, 0) is 11.3 Å². The van der Waals surface area contributed by atoms with E-state index < -0.39 is 0 Å². The van der Waals surface area contributed by atoms with Gasteiger partial charge in [0, 0.05) is 19.0 Å². The van der Waals surface area contributed by atoms with E-state index in [1.807, 2.05) is 24.3 Å². The second kappa shape index (κ2) is 10.6. The molecule has 0 aliphatic carbocycles. The van der Waals surface area contributed by atoms with Gasteiger partial charge in [0.15, 0.2) is 6.29 Å². The van der Waals surface area contributed by atoms with E-state index in [-0.39, 0.29) is 5.91 Å². The molecule has 0 atom stereocenters. The van der Waals surface area contributed by atoms with Crippen molar-refractivity contribution in [3.63, 3.8) is 0 Å². The second-order valence-electron chi connectivity index (χ2n) is 5.84. The number of amides is 1. The van der Waals surface area contributed by atoms with Crippen LogP contribution in [0.5, 0.6) is 11.5 Å². The first-order valence-electron chi connectivity index (χ1n) is 8.63. The molecule has 27 heavy (non-hydrogen) atoms. The quantitative estimate of drug-likeness (QED) is 0.395. The maximum atomic E-state index is 11.9. The Labute approximate surface area is 159 Å². The van der Waals surface area contributed by atoms with Gasteiger partial charge in [0.1, 0.15) is 11.5 Å². The molecule has 0 unspecified atom stereocenters. The van der Waals surface area contributed by atoms with Crippen molar-refractivity contribution in [1.82, 2.24) is 5.32 Å². The Morgan fingerprint density at radius 3 is 2.67 bits per heavy atom. The fraction of sp³-hybridized carbons (Fsp3) is 0.227. The lowest BCUT2D eigenvalue weighted by atomic mass is 10.1. The largest absolute Gasteiger partial charge is 0.496 e. The van der Waals surface area contributed by atoms with Gasteiger partial charge in [-0.2, -0.15) is 0 Å². The van der Waals surface area contributed by atoms with Crippen LogP contribution in [0.15, 0.2) is 54.8 Å². The molecule has 0 heterocycles. The summed E-state index contributed by atoms with van der Waals surface area (Å²) in [6.07, 6.45) is 3.49. The number of hydrogen-bond acceptors (Lipinski definition) is 4. The predicted molar refractivity (Wildman–Crippen MR) is 105 cm³/mol. The maximum absolute atomic E-state index is 11.9. The Hall–Kier alpha value is -3.30. The van der Waals surface area contributed by atoms with E-state index in [9.17, 15) is 9.59 Å². The highest BCUT2D eigenvalue weighted by molar-refractivity contribution is 5.79. The summed E-state index contributed by atoms with van der Waals surface area (Å²) < 4.78 is 10.7. The lowest BCUT2D eigenvalue weighted by molar-refractivity contribution is -0.121. The minimum Gasteiger partial charge on any atom is -0.496 e. The van der Waals surface area contributed by atoms with Crippen LogP contribution in [0.2, 0.25) is 0 Å². The molecular weight excluding hydrogens is 342 g/mol. The van der Waals surface area contributed by atoms with Gasteiger partial charge in [-0.25, -0.2) is 0 Å². The van der Waals surface area contributed by atoms with E-state index in [0.717, 1.165) is 17.4 Å². The summed E-state index contributed by atoms with van der Waals surface area (Å²) >= 11 is 0. The third kappa shape index (κ3) is 6.49. The van der Waals surface area contributed by atoms with Crippen LogP contribution in [-0.4, -0.2) is 25.9 Å². The van der Waals surface area contributed by atoms with Gasteiger partial charge in [-0.05, 0) is 35.8 Å².